The van der Waals surface area contributed by atoms with Gasteiger partial charge in [0.1, 0.15) is 18.8 Å². The number of fused-ring (bicyclic) bond motifs is 2. The Morgan fingerprint density at radius 2 is 1.95 bits per heavy atom. The fourth-order valence-corrected chi connectivity index (χ4v) is 2.32. The average Bonchev–Trinajstić information content (AvgIpc) is 2.71. The molecule has 1 aliphatic heterocycles. The molecule has 20 heavy (non-hydrogen) atoms. The molecule has 7 heteroatoms. The lowest BCUT2D eigenvalue weighted by atomic mass is 10.1. The minimum Gasteiger partial charge on any atom is -0.486 e. The molecule has 0 saturated heterocycles. The maximum absolute atomic E-state index is 11.4. The zero-order valence-corrected chi connectivity index (χ0v) is 11.2. The molecule has 0 atom stereocenters. The van der Waals surface area contributed by atoms with E-state index < -0.39 is 11.5 Å². The van der Waals surface area contributed by atoms with E-state index in [1.807, 2.05) is 0 Å². The van der Waals surface area contributed by atoms with Gasteiger partial charge in [-0.2, -0.15) is 0 Å². The summed E-state index contributed by atoms with van der Waals surface area (Å²) in [6.45, 7) is 4.09. The van der Waals surface area contributed by atoms with E-state index in [1.54, 1.807) is 26.0 Å². The van der Waals surface area contributed by atoms with Crippen molar-refractivity contribution >= 4 is 23.0 Å². The molecular formula is C13H15N3O4. The fraction of sp³-hybridized carbons (Fsp3) is 0.385. The maximum Gasteiger partial charge on any atom is 0.329 e. The van der Waals surface area contributed by atoms with Crippen molar-refractivity contribution in [2.75, 3.05) is 18.9 Å². The molecule has 2 heterocycles. The van der Waals surface area contributed by atoms with Crippen molar-refractivity contribution in [2.45, 2.75) is 19.4 Å². The van der Waals surface area contributed by atoms with Crippen molar-refractivity contribution in [1.82, 2.24) is 9.55 Å². The summed E-state index contributed by atoms with van der Waals surface area (Å²) in [4.78, 5) is 15.7. The van der Waals surface area contributed by atoms with E-state index in [2.05, 4.69) is 4.98 Å². The fourth-order valence-electron chi connectivity index (χ4n) is 2.32. The molecule has 1 aromatic heterocycles. The van der Waals surface area contributed by atoms with Crippen LogP contribution in [0.3, 0.4) is 0 Å². The first-order chi connectivity index (χ1) is 9.41. The number of nitrogen functional groups attached to an aromatic ring is 1. The summed E-state index contributed by atoms with van der Waals surface area (Å²) in [5.41, 5.74) is 5.87. The van der Waals surface area contributed by atoms with Gasteiger partial charge in [0, 0.05) is 12.1 Å². The number of anilines is 1. The first kappa shape index (κ1) is 12.6. The Bertz CT molecular complexity index is 705. The van der Waals surface area contributed by atoms with E-state index in [0.717, 1.165) is 0 Å². The van der Waals surface area contributed by atoms with Crippen LogP contribution in [0.2, 0.25) is 0 Å². The van der Waals surface area contributed by atoms with Gasteiger partial charge in [-0.15, -0.1) is 0 Å². The number of ether oxygens (including phenoxy) is 2. The number of imidazole rings is 1. The number of aliphatic carboxylic acids is 1. The highest BCUT2D eigenvalue weighted by Gasteiger charge is 2.33. The van der Waals surface area contributed by atoms with Crippen LogP contribution in [0.5, 0.6) is 11.5 Å². The summed E-state index contributed by atoms with van der Waals surface area (Å²) < 4.78 is 12.5. The summed E-state index contributed by atoms with van der Waals surface area (Å²) in [5.74, 6) is 0.334. The highest BCUT2D eigenvalue weighted by Crippen LogP contribution is 2.37. The molecule has 106 valence electrons. The third-order valence-electron chi connectivity index (χ3n) is 3.43. The van der Waals surface area contributed by atoms with E-state index in [0.29, 0.717) is 35.7 Å². The number of carbonyl (C=O) groups is 1. The molecule has 2 aromatic rings. The second kappa shape index (κ2) is 4.03. The first-order valence-corrected chi connectivity index (χ1v) is 6.22. The highest BCUT2D eigenvalue weighted by molar-refractivity contribution is 5.86. The van der Waals surface area contributed by atoms with Gasteiger partial charge in [-0.25, -0.2) is 9.78 Å². The molecule has 0 radical (unpaired) electrons. The van der Waals surface area contributed by atoms with Crippen molar-refractivity contribution in [1.29, 1.82) is 0 Å². The van der Waals surface area contributed by atoms with Crippen molar-refractivity contribution in [3.8, 4) is 11.5 Å². The standard InChI is InChI=1S/C13H15N3O4/c1-13(2,11(17)18)16-8-6-10-9(19-3-4-20-10)5-7(8)15-12(16)14/h5-6H,3-4H2,1-2H3,(H2,14,15)(H,17,18). The zero-order valence-electron chi connectivity index (χ0n) is 11.2. The minimum atomic E-state index is -1.21. The van der Waals surface area contributed by atoms with Gasteiger partial charge in [0.2, 0.25) is 5.95 Å². The quantitative estimate of drug-likeness (QED) is 0.855. The topological polar surface area (TPSA) is 99.6 Å². The summed E-state index contributed by atoms with van der Waals surface area (Å²) in [5, 5.41) is 9.38. The van der Waals surface area contributed by atoms with E-state index in [1.165, 1.54) is 4.57 Å². The Kier molecular flexibility index (Phi) is 2.53. The van der Waals surface area contributed by atoms with Gasteiger partial charge in [0.05, 0.1) is 11.0 Å². The van der Waals surface area contributed by atoms with Crippen molar-refractivity contribution in [3.05, 3.63) is 12.1 Å². The van der Waals surface area contributed by atoms with Crippen molar-refractivity contribution in [3.63, 3.8) is 0 Å². The Balaban J connectivity index is 2.28. The van der Waals surface area contributed by atoms with E-state index in [4.69, 9.17) is 15.2 Å². The Morgan fingerprint density at radius 1 is 1.35 bits per heavy atom. The minimum absolute atomic E-state index is 0.148. The Labute approximate surface area is 114 Å². The van der Waals surface area contributed by atoms with Crippen LogP contribution in [0.15, 0.2) is 12.1 Å². The molecule has 0 aliphatic carbocycles. The molecule has 0 bridgehead atoms. The van der Waals surface area contributed by atoms with Crippen LogP contribution in [0.25, 0.3) is 11.0 Å². The van der Waals surface area contributed by atoms with Gasteiger partial charge in [0.15, 0.2) is 11.5 Å². The molecule has 0 amide bonds. The lowest BCUT2D eigenvalue weighted by molar-refractivity contribution is -0.145. The number of nitrogens with two attached hydrogens (primary N) is 1. The Morgan fingerprint density at radius 3 is 2.55 bits per heavy atom. The monoisotopic (exact) mass is 277 g/mol. The third kappa shape index (κ3) is 1.66. The van der Waals surface area contributed by atoms with E-state index in [9.17, 15) is 9.90 Å². The summed E-state index contributed by atoms with van der Waals surface area (Å²) in [6, 6.07) is 3.44. The van der Waals surface area contributed by atoms with Gasteiger partial charge in [-0.1, -0.05) is 0 Å². The summed E-state index contributed by atoms with van der Waals surface area (Å²) in [6.07, 6.45) is 0. The van der Waals surface area contributed by atoms with Crippen molar-refractivity contribution < 1.29 is 19.4 Å². The molecular weight excluding hydrogens is 262 g/mol. The van der Waals surface area contributed by atoms with Crippen LogP contribution >= 0.6 is 0 Å². The van der Waals surface area contributed by atoms with Crippen LogP contribution in [-0.2, 0) is 10.3 Å². The van der Waals surface area contributed by atoms with Crippen molar-refractivity contribution in [2.24, 2.45) is 0 Å². The number of aromatic nitrogens is 2. The molecule has 1 aliphatic rings. The third-order valence-corrected chi connectivity index (χ3v) is 3.43. The molecule has 1 aromatic carbocycles. The molecule has 7 nitrogen and oxygen atoms in total. The second-order valence-electron chi connectivity index (χ2n) is 5.15. The number of hydrogen-bond acceptors (Lipinski definition) is 5. The van der Waals surface area contributed by atoms with Gasteiger partial charge in [-0.05, 0) is 13.8 Å². The largest absolute Gasteiger partial charge is 0.486 e. The molecule has 0 unspecified atom stereocenters. The lowest BCUT2D eigenvalue weighted by Gasteiger charge is -2.24. The van der Waals surface area contributed by atoms with Gasteiger partial charge < -0.3 is 20.3 Å². The molecule has 3 rings (SSSR count). The Hall–Kier alpha value is -2.44. The average molecular weight is 277 g/mol. The maximum atomic E-state index is 11.4. The predicted octanol–water partition coefficient (Wildman–Crippen LogP) is 1.21. The lowest BCUT2D eigenvalue weighted by Crippen LogP contribution is -2.36. The molecule has 0 saturated carbocycles. The van der Waals surface area contributed by atoms with Gasteiger partial charge >= 0.3 is 5.97 Å². The molecule has 3 N–H and O–H groups in total. The number of carboxylic acids is 1. The number of carboxylic acid groups (broad SMARTS) is 1. The highest BCUT2D eigenvalue weighted by atomic mass is 16.6. The summed E-state index contributed by atoms with van der Waals surface area (Å²) in [7, 11) is 0. The molecule has 0 fully saturated rings. The van der Waals surface area contributed by atoms with Crippen LogP contribution in [-0.4, -0.2) is 33.8 Å². The number of benzene rings is 1. The van der Waals surface area contributed by atoms with E-state index in [-0.39, 0.29) is 5.95 Å². The molecule has 0 spiro atoms. The smallest absolute Gasteiger partial charge is 0.329 e. The second-order valence-corrected chi connectivity index (χ2v) is 5.15. The predicted molar refractivity (Wildman–Crippen MR) is 72.1 cm³/mol. The normalized spacial score (nSPS) is 14.5. The summed E-state index contributed by atoms with van der Waals surface area (Å²) >= 11 is 0. The van der Waals surface area contributed by atoms with Crippen LogP contribution < -0.4 is 15.2 Å². The first-order valence-electron chi connectivity index (χ1n) is 6.22. The zero-order chi connectivity index (χ0) is 14.5. The van der Waals surface area contributed by atoms with E-state index >= 15 is 0 Å². The van der Waals surface area contributed by atoms with Gasteiger partial charge in [0.25, 0.3) is 0 Å². The number of rotatable bonds is 2. The van der Waals surface area contributed by atoms with Crippen LogP contribution in [0.1, 0.15) is 13.8 Å². The SMILES string of the molecule is CC(C)(C(=O)O)n1c(N)nc2cc3c(cc21)OCCO3. The van der Waals surface area contributed by atoms with Crippen LogP contribution in [0.4, 0.5) is 5.95 Å². The number of nitrogens with zero attached hydrogens (tertiary/aromatic N) is 2. The van der Waals surface area contributed by atoms with Crippen LogP contribution in [0, 0.1) is 0 Å². The van der Waals surface area contributed by atoms with Gasteiger partial charge in [-0.3, -0.25) is 4.57 Å². The number of hydrogen-bond donors (Lipinski definition) is 2.